The lowest BCUT2D eigenvalue weighted by molar-refractivity contribution is 0.955. The summed E-state index contributed by atoms with van der Waals surface area (Å²) >= 11 is 3.62. The van der Waals surface area contributed by atoms with Gasteiger partial charge in [-0.2, -0.15) is 9.97 Å². The summed E-state index contributed by atoms with van der Waals surface area (Å²) in [4.78, 5) is 21.6. The number of aromatic nitrogens is 6. The van der Waals surface area contributed by atoms with Crippen molar-refractivity contribution in [3.63, 3.8) is 0 Å². The second kappa shape index (κ2) is 13.7. The van der Waals surface area contributed by atoms with E-state index in [0.29, 0.717) is 17.6 Å². The Morgan fingerprint density at radius 1 is 0.328 bits per heavy atom. The van der Waals surface area contributed by atoms with Gasteiger partial charge in [-0.05, 0) is 78.9 Å². The molecular weight excluding hydrogens is 821 g/mol. The number of hydrogen-bond acceptors (Lipinski definition) is 6. The summed E-state index contributed by atoms with van der Waals surface area (Å²) in [5.74, 6) is 2.65. The number of pyridine rings is 1. The van der Waals surface area contributed by atoms with Crippen LogP contribution < -0.4 is 0 Å². The molecule has 0 amide bonds. The molecule has 298 valence electrons. The highest BCUT2D eigenvalue weighted by Crippen LogP contribution is 2.43. The minimum atomic E-state index is 0.560. The number of thiophene rings is 2. The van der Waals surface area contributed by atoms with Gasteiger partial charge in [0.15, 0.2) is 11.6 Å². The van der Waals surface area contributed by atoms with Crippen LogP contribution in [0.5, 0.6) is 0 Å². The predicted octanol–water partition coefficient (Wildman–Crippen LogP) is 15.2. The van der Waals surface area contributed by atoms with Crippen LogP contribution in [0.4, 0.5) is 0 Å². The summed E-state index contributed by atoms with van der Waals surface area (Å²) in [6.07, 6.45) is 0. The molecule has 0 radical (unpaired) electrons. The molecule has 14 rings (SSSR count). The first kappa shape index (κ1) is 35.5. The van der Waals surface area contributed by atoms with Gasteiger partial charge in [0, 0.05) is 78.6 Å². The molecule has 0 fully saturated rings. The van der Waals surface area contributed by atoms with Crippen molar-refractivity contribution in [2.75, 3.05) is 0 Å². The fraction of sp³-hybridized carbons (Fsp3) is 0. The molecule has 0 atom stereocenters. The monoisotopic (exact) mass is 852 g/mol. The number of benzene rings is 8. The average molecular weight is 853 g/mol. The SMILES string of the molecule is c1ccc(-c2cccc(-n3c4ccccc4c4c3ccc3c5ccccc5n(-c5nc(-c6ccc7sc8ccccc8c7c6)nc(-c6ccc7sc8ccccc8c7c6)n5)c34)n2)cc1. The van der Waals surface area contributed by atoms with Crippen LogP contribution in [0, 0.1) is 0 Å². The highest BCUT2D eigenvalue weighted by molar-refractivity contribution is 7.26. The Morgan fingerprint density at radius 2 is 0.891 bits per heavy atom. The lowest BCUT2D eigenvalue weighted by atomic mass is 10.1. The molecule has 0 saturated carbocycles. The zero-order valence-corrected chi connectivity index (χ0v) is 35.6. The van der Waals surface area contributed by atoms with Crippen molar-refractivity contribution in [3.8, 4) is 45.8 Å². The summed E-state index contributed by atoms with van der Waals surface area (Å²) in [5.41, 5.74) is 8.06. The minimum absolute atomic E-state index is 0.560. The molecule has 6 aromatic heterocycles. The smallest absolute Gasteiger partial charge is 0.238 e. The van der Waals surface area contributed by atoms with E-state index in [9.17, 15) is 0 Å². The molecule has 8 aromatic carbocycles. The largest absolute Gasteiger partial charge is 0.294 e. The predicted molar refractivity (Wildman–Crippen MR) is 268 cm³/mol. The first-order valence-electron chi connectivity index (χ1n) is 21.3. The van der Waals surface area contributed by atoms with Gasteiger partial charge >= 0.3 is 0 Å². The first-order chi connectivity index (χ1) is 31.7. The third-order valence-electron chi connectivity index (χ3n) is 12.6. The van der Waals surface area contributed by atoms with Gasteiger partial charge in [-0.25, -0.2) is 9.97 Å². The van der Waals surface area contributed by atoms with Crippen LogP contribution in [-0.4, -0.2) is 29.1 Å². The van der Waals surface area contributed by atoms with E-state index in [4.69, 9.17) is 19.9 Å². The summed E-state index contributed by atoms with van der Waals surface area (Å²) in [6, 6.07) is 68.9. The average Bonchev–Trinajstić information content (AvgIpc) is 4.11. The highest BCUT2D eigenvalue weighted by Gasteiger charge is 2.24. The van der Waals surface area contributed by atoms with Crippen molar-refractivity contribution in [3.05, 3.63) is 194 Å². The molecule has 8 heteroatoms. The van der Waals surface area contributed by atoms with Crippen LogP contribution in [-0.2, 0) is 0 Å². The maximum Gasteiger partial charge on any atom is 0.238 e. The van der Waals surface area contributed by atoms with Crippen molar-refractivity contribution in [1.82, 2.24) is 29.1 Å². The normalized spacial score (nSPS) is 12.1. The molecule has 0 aliphatic carbocycles. The Morgan fingerprint density at radius 3 is 1.56 bits per heavy atom. The number of hydrogen-bond donors (Lipinski definition) is 0. The Hall–Kier alpha value is -8.04. The molecule has 0 aliphatic heterocycles. The Bertz CT molecular complexity index is 4080. The molecule has 0 unspecified atom stereocenters. The van der Waals surface area contributed by atoms with E-state index >= 15 is 0 Å². The van der Waals surface area contributed by atoms with Crippen molar-refractivity contribution in [2.24, 2.45) is 0 Å². The second-order valence-electron chi connectivity index (χ2n) is 16.2. The Kier molecular flexibility index (Phi) is 7.63. The van der Waals surface area contributed by atoms with Crippen LogP contribution >= 0.6 is 22.7 Å². The summed E-state index contributed by atoms with van der Waals surface area (Å²) in [6.45, 7) is 0. The van der Waals surface area contributed by atoms with Gasteiger partial charge < -0.3 is 0 Å². The standard InChI is InChI=1S/C56H32N6S2/c1-2-13-33(14-3-1)43-19-12-24-51(57-43)61-45-21-9-5-18-40(45)52-46(61)28-27-39-36-15-4-8-20-44(36)62(53(39)52)56-59-54(34-25-29-49-41(31-34)37-16-6-10-22-47(37)63-49)58-55(60-56)35-26-30-50-42(32-35)38-17-7-11-23-48(38)64-50/h1-32H. The third-order valence-corrected chi connectivity index (χ3v) is 14.9. The van der Waals surface area contributed by atoms with Crippen LogP contribution in [0.1, 0.15) is 0 Å². The number of rotatable bonds is 5. The molecule has 0 aliphatic rings. The van der Waals surface area contributed by atoms with Crippen LogP contribution in [0.3, 0.4) is 0 Å². The van der Waals surface area contributed by atoms with Gasteiger partial charge in [0.2, 0.25) is 5.95 Å². The third kappa shape index (κ3) is 5.30. The molecule has 64 heavy (non-hydrogen) atoms. The maximum absolute atomic E-state index is 5.47. The topological polar surface area (TPSA) is 61.4 Å². The van der Waals surface area contributed by atoms with Gasteiger partial charge in [-0.15, -0.1) is 22.7 Å². The van der Waals surface area contributed by atoms with E-state index in [0.717, 1.165) is 71.8 Å². The molecular formula is C56H32N6S2. The zero-order chi connectivity index (χ0) is 41.9. The minimum Gasteiger partial charge on any atom is -0.294 e. The van der Waals surface area contributed by atoms with Crippen molar-refractivity contribution in [1.29, 1.82) is 0 Å². The first-order valence-corrected chi connectivity index (χ1v) is 22.9. The quantitative estimate of drug-likeness (QED) is 0.173. The second-order valence-corrected chi connectivity index (χ2v) is 18.4. The lowest BCUT2D eigenvalue weighted by Crippen LogP contribution is -2.06. The van der Waals surface area contributed by atoms with Crippen LogP contribution in [0.2, 0.25) is 0 Å². The van der Waals surface area contributed by atoms with Gasteiger partial charge in [0.05, 0.1) is 27.8 Å². The number of para-hydroxylation sites is 2. The van der Waals surface area contributed by atoms with Crippen molar-refractivity contribution < 1.29 is 0 Å². The van der Waals surface area contributed by atoms with Crippen molar-refractivity contribution in [2.45, 2.75) is 0 Å². The fourth-order valence-electron chi connectivity index (χ4n) is 9.73. The molecule has 0 spiro atoms. The summed E-state index contributed by atoms with van der Waals surface area (Å²) < 4.78 is 9.56. The van der Waals surface area contributed by atoms with E-state index in [2.05, 4.69) is 197 Å². The van der Waals surface area contributed by atoms with Crippen LogP contribution in [0.15, 0.2) is 194 Å². The highest BCUT2D eigenvalue weighted by atomic mass is 32.1. The maximum atomic E-state index is 5.47. The molecule has 0 saturated heterocycles. The van der Waals surface area contributed by atoms with E-state index in [1.54, 1.807) is 0 Å². The van der Waals surface area contributed by atoms with Gasteiger partial charge in [0.1, 0.15) is 5.82 Å². The molecule has 6 nitrogen and oxygen atoms in total. The van der Waals surface area contributed by atoms with E-state index in [1.165, 1.54) is 40.3 Å². The fourth-order valence-corrected chi connectivity index (χ4v) is 11.9. The summed E-state index contributed by atoms with van der Waals surface area (Å²) in [5, 5.41) is 9.35. The van der Waals surface area contributed by atoms with Gasteiger partial charge in [0.25, 0.3) is 0 Å². The van der Waals surface area contributed by atoms with Gasteiger partial charge in [-0.1, -0.05) is 115 Å². The molecule has 0 bridgehead atoms. The Balaban J connectivity index is 1.07. The lowest BCUT2D eigenvalue weighted by Gasteiger charge is -2.12. The molecule has 14 aromatic rings. The van der Waals surface area contributed by atoms with E-state index in [-0.39, 0.29) is 0 Å². The van der Waals surface area contributed by atoms with Crippen LogP contribution in [0.25, 0.3) is 130 Å². The molecule has 6 heterocycles. The Labute approximate surface area is 373 Å². The van der Waals surface area contributed by atoms with Crippen molar-refractivity contribution >= 4 is 107 Å². The van der Waals surface area contributed by atoms with Gasteiger partial charge in [-0.3, -0.25) is 9.13 Å². The van der Waals surface area contributed by atoms with E-state index in [1.807, 2.05) is 28.7 Å². The van der Waals surface area contributed by atoms with E-state index < -0.39 is 0 Å². The molecule has 0 N–H and O–H groups in total. The number of nitrogens with zero attached hydrogens (tertiary/aromatic N) is 6. The number of fused-ring (bicyclic) bond motifs is 13. The summed E-state index contributed by atoms with van der Waals surface area (Å²) in [7, 11) is 0. The zero-order valence-electron chi connectivity index (χ0n) is 34.0.